The van der Waals surface area contributed by atoms with Crippen molar-refractivity contribution in [3.8, 4) is 0 Å². The molecule has 0 radical (unpaired) electrons. The molecule has 0 saturated carbocycles. The van der Waals surface area contributed by atoms with Crippen molar-refractivity contribution in [1.82, 2.24) is 0 Å². The molecule has 0 heteroatoms. The van der Waals surface area contributed by atoms with Gasteiger partial charge in [0.25, 0.3) is 0 Å². The number of benzene rings is 3. The molecule has 0 bridgehead atoms. The lowest BCUT2D eigenvalue weighted by Gasteiger charge is -2.14. The van der Waals surface area contributed by atoms with Gasteiger partial charge in [-0.05, 0) is 21.9 Å². The Morgan fingerprint density at radius 3 is 2.10 bits per heavy atom. The standard InChI is InChI=1S/C20H17/c1-15(2)20(17-9-4-3-5-10-17)19-13-12-16-8-6-7-11-18(16)14-19/h1,3-14,20H,2H3/q+1. The zero-order chi connectivity index (χ0) is 13.9. The summed E-state index contributed by atoms with van der Waals surface area (Å²) in [6.07, 6.45) is 0. The summed E-state index contributed by atoms with van der Waals surface area (Å²) in [5.74, 6) is 0.154. The molecular formula is C20H17+. The molecule has 0 saturated heterocycles. The fourth-order valence-electron chi connectivity index (χ4n) is 2.75. The zero-order valence-electron chi connectivity index (χ0n) is 11.6. The fraction of sp³-hybridized carbons (Fsp3) is 0.100. The lowest BCUT2D eigenvalue weighted by atomic mass is 9.85. The molecule has 1 unspecified atom stereocenters. The summed E-state index contributed by atoms with van der Waals surface area (Å²) < 4.78 is 0. The second-order valence-electron chi connectivity index (χ2n) is 5.19. The van der Waals surface area contributed by atoms with Gasteiger partial charge in [0.15, 0.2) is 5.57 Å². The van der Waals surface area contributed by atoms with E-state index in [-0.39, 0.29) is 5.92 Å². The average molecular weight is 257 g/mol. The van der Waals surface area contributed by atoms with Crippen molar-refractivity contribution in [1.29, 1.82) is 0 Å². The molecule has 3 aromatic rings. The van der Waals surface area contributed by atoms with E-state index < -0.39 is 0 Å². The van der Waals surface area contributed by atoms with E-state index >= 15 is 0 Å². The lowest BCUT2D eigenvalue weighted by Crippen LogP contribution is -2.02. The maximum atomic E-state index is 6.16. The quantitative estimate of drug-likeness (QED) is 0.555. The van der Waals surface area contributed by atoms with Gasteiger partial charge in [-0.25, -0.2) is 0 Å². The molecule has 0 aliphatic heterocycles. The van der Waals surface area contributed by atoms with Crippen molar-refractivity contribution in [3.63, 3.8) is 0 Å². The maximum Gasteiger partial charge on any atom is 0.205 e. The van der Waals surface area contributed by atoms with E-state index in [1.165, 1.54) is 21.9 Å². The summed E-state index contributed by atoms with van der Waals surface area (Å²) in [6, 6.07) is 25.4. The van der Waals surface area contributed by atoms with Gasteiger partial charge in [-0.2, -0.15) is 0 Å². The van der Waals surface area contributed by atoms with Crippen LogP contribution in [0.2, 0.25) is 0 Å². The van der Waals surface area contributed by atoms with Crippen molar-refractivity contribution in [2.24, 2.45) is 0 Å². The van der Waals surface area contributed by atoms with Gasteiger partial charge in [0.05, 0.1) is 5.92 Å². The van der Waals surface area contributed by atoms with Gasteiger partial charge in [0.1, 0.15) is 0 Å². The topological polar surface area (TPSA) is 0 Å². The van der Waals surface area contributed by atoms with Crippen LogP contribution in [0.4, 0.5) is 0 Å². The third-order valence-electron chi connectivity index (χ3n) is 3.70. The van der Waals surface area contributed by atoms with Crippen LogP contribution in [0.25, 0.3) is 10.8 Å². The maximum absolute atomic E-state index is 6.16. The van der Waals surface area contributed by atoms with Crippen LogP contribution in [0, 0.1) is 6.58 Å². The highest BCUT2D eigenvalue weighted by Crippen LogP contribution is 2.32. The Balaban J connectivity index is 2.13. The van der Waals surface area contributed by atoms with Crippen molar-refractivity contribution < 1.29 is 0 Å². The Kier molecular flexibility index (Phi) is 3.33. The molecular weight excluding hydrogens is 240 g/mol. The van der Waals surface area contributed by atoms with E-state index in [1.807, 2.05) is 13.0 Å². The molecule has 0 aliphatic rings. The lowest BCUT2D eigenvalue weighted by molar-refractivity contribution is 0.951. The summed E-state index contributed by atoms with van der Waals surface area (Å²) in [7, 11) is 0. The Hall–Kier alpha value is -2.43. The first kappa shape index (κ1) is 12.6. The van der Waals surface area contributed by atoms with Gasteiger partial charge in [-0.15, -0.1) is 0 Å². The summed E-state index contributed by atoms with van der Waals surface area (Å²) in [4.78, 5) is 0. The molecule has 20 heavy (non-hydrogen) atoms. The summed E-state index contributed by atoms with van der Waals surface area (Å²) >= 11 is 0. The van der Waals surface area contributed by atoms with Crippen molar-refractivity contribution in [2.75, 3.05) is 0 Å². The second kappa shape index (κ2) is 5.28. The smallest absolute Gasteiger partial charge is 0.0622 e. The van der Waals surface area contributed by atoms with Gasteiger partial charge < -0.3 is 0 Å². The van der Waals surface area contributed by atoms with E-state index in [0.29, 0.717) is 0 Å². The summed E-state index contributed by atoms with van der Waals surface area (Å²) in [6.45, 7) is 8.15. The zero-order valence-corrected chi connectivity index (χ0v) is 11.6. The minimum atomic E-state index is 0.154. The molecule has 0 heterocycles. The third-order valence-corrected chi connectivity index (χ3v) is 3.70. The normalized spacial score (nSPS) is 12.2. The molecule has 0 aromatic heterocycles. The minimum absolute atomic E-state index is 0.154. The first-order chi connectivity index (χ1) is 9.75. The first-order valence-electron chi connectivity index (χ1n) is 6.88. The number of allylic oxidation sites excluding steroid dienone is 1. The number of hydrogen-bond acceptors (Lipinski definition) is 0. The monoisotopic (exact) mass is 257 g/mol. The molecule has 0 aliphatic carbocycles. The van der Waals surface area contributed by atoms with E-state index in [0.717, 1.165) is 5.57 Å². The molecule has 0 N–H and O–H groups in total. The van der Waals surface area contributed by atoms with Gasteiger partial charge in [0.2, 0.25) is 6.58 Å². The molecule has 0 nitrogen and oxygen atoms in total. The molecule has 1 atom stereocenters. The van der Waals surface area contributed by atoms with Crippen LogP contribution in [0.15, 0.2) is 78.4 Å². The van der Waals surface area contributed by atoms with E-state index in [9.17, 15) is 0 Å². The van der Waals surface area contributed by atoms with Crippen LogP contribution in [-0.2, 0) is 0 Å². The first-order valence-corrected chi connectivity index (χ1v) is 6.88. The molecule has 0 fully saturated rings. The average Bonchev–Trinajstić information content (AvgIpc) is 2.48. The highest BCUT2D eigenvalue weighted by atomic mass is 14.2. The van der Waals surface area contributed by atoms with Crippen LogP contribution in [0.3, 0.4) is 0 Å². The van der Waals surface area contributed by atoms with Crippen LogP contribution in [0.1, 0.15) is 24.0 Å². The van der Waals surface area contributed by atoms with Crippen LogP contribution >= 0.6 is 0 Å². The summed E-state index contributed by atoms with van der Waals surface area (Å²) in [5, 5.41) is 2.52. The second-order valence-corrected chi connectivity index (χ2v) is 5.19. The highest BCUT2D eigenvalue weighted by molar-refractivity contribution is 5.83. The van der Waals surface area contributed by atoms with Crippen LogP contribution in [0.5, 0.6) is 0 Å². The van der Waals surface area contributed by atoms with Crippen molar-refractivity contribution >= 4 is 10.8 Å². The van der Waals surface area contributed by atoms with Crippen LogP contribution in [-0.4, -0.2) is 0 Å². The molecule has 3 aromatic carbocycles. The van der Waals surface area contributed by atoms with Gasteiger partial charge >= 0.3 is 0 Å². The molecule has 96 valence electrons. The SMILES string of the molecule is [CH+]=C(C)C(c1ccccc1)c1ccc2ccccc2c1. The van der Waals surface area contributed by atoms with Crippen LogP contribution < -0.4 is 0 Å². The van der Waals surface area contributed by atoms with E-state index in [4.69, 9.17) is 6.58 Å². The molecule has 0 spiro atoms. The van der Waals surface area contributed by atoms with E-state index in [2.05, 4.69) is 66.7 Å². The Morgan fingerprint density at radius 2 is 1.40 bits per heavy atom. The number of rotatable bonds is 3. The fourth-order valence-corrected chi connectivity index (χ4v) is 2.75. The van der Waals surface area contributed by atoms with Crippen molar-refractivity contribution in [2.45, 2.75) is 12.8 Å². The third kappa shape index (κ3) is 2.34. The Bertz CT molecular complexity index is 738. The predicted molar refractivity (Wildman–Crippen MR) is 85.7 cm³/mol. The van der Waals surface area contributed by atoms with Gasteiger partial charge in [-0.1, -0.05) is 72.8 Å². The number of fused-ring (bicyclic) bond motifs is 1. The van der Waals surface area contributed by atoms with Crippen molar-refractivity contribution in [3.05, 3.63) is 96.1 Å². The Morgan fingerprint density at radius 1 is 0.750 bits per heavy atom. The van der Waals surface area contributed by atoms with Gasteiger partial charge in [0, 0.05) is 6.92 Å². The molecule has 0 amide bonds. The molecule has 3 rings (SSSR count). The predicted octanol–water partition coefficient (Wildman–Crippen LogP) is 5.35. The Labute approximate surface area is 120 Å². The number of hydrogen-bond donors (Lipinski definition) is 0. The highest BCUT2D eigenvalue weighted by Gasteiger charge is 2.20. The minimum Gasteiger partial charge on any atom is -0.0622 e. The van der Waals surface area contributed by atoms with E-state index in [1.54, 1.807) is 0 Å². The van der Waals surface area contributed by atoms with Gasteiger partial charge in [-0.3, -0.25) is 0 Å². The largest absolute Gasteiger partial charge is 0.205 e. The summed E-state index contributed by atoms with van der Waals surface area (Å²) in [5.41, 5.74) is 3.41.